The van der Waals surface area contributed by atoms with E-state index in [1.54, 1.807) is 7.11 Å². The lowest BCUT2D eigenvalue weighted by atomic mass is 10.0. The van der Waals surface area contributed by atoms with Gasteiger partial charge in [-0.1, -0.05) is 11.6 Å². The van der Waals surface area contributed by atoms with E-state index in [0.717, 1.165) is 35.2 Å². The summed E-state index contributed by atoms with van der Waals surface area (Å²) in [4.78, 5) is 5.01. The van der Waals surface area contributed by atoms with Gasteiger partial charge in [0, 0.05) is 10.6 Å². The molecule has 88 valence electrons. The van der Waals surface area contributed by atoms with Gasteiger partial charge in [-0.05, 0) is 40.9 Å². The number of halogens is 2. The van der Waals surface area contributed by atoms with Crippen LogP contribution < -0.4 is 10.2 Å². The Hall–Kier alpha value is -0.290. The molecule has 1 aliphatic rings. The summed E-state index contributed by atoms with van der Waals surface area (Å²) in [5.74, 6) is 0.858. The largest absolute Gasteiger partial charge is 0.492 e. The average Bonchev–Trinajstić information content (AvgIpc) is 2.42. The van der Waals surface area contributed by atoms with Gasteiger partial charge in [0.2, 0.25) is 0 Å². The Balaban J connectivity index is 2.43. The molecule has 1 N–H and O–H groups in total. The molecule has 5 heteroatoms. The predicted octanol–water partition coefficient (Wildman–Crippen LogP) is 3.47. The van der Waals surface area contributed by atoms with E-state index in [1.807, 2.05) is 12.1 Å². The highest BCUT2D eigenvalue weighted by Crippen LogP contribution is 2.39. The molecule has 0 bridgehead atoms. The van der Waals surface area contributed by atoms with Crippen molar-refractivity contribution in [1.82, 2.24) is 5.48 Å². The smallest absolute Gasteiger partial charge is 0.138 e. The third-order valence-electron chi connectivity index (χ3n) is 2.56. The fraction of sp³-hybridized carbons (Fsp3) is 0.455. The number of benzene rings is 1. The van der Waals surface area contributed by atoms with Crippen molar-refractivity contribution in [2.75, 3.05) is 13.7 Å². The summed E-state index contributed by atoms with van der Waals surface area (Å²) in [5, 5.41) is 0.694. The summed E-state index contributed by atoms with van der Waals surface area (Å²) < 4.78 is 6.60. The number of rotatable bonds is 2. The van der Waals surface area contributed by atoms with Crippen LogP contribution in [0, 0.1) is 0 Å². The van der Waals surface area contributed by atoms with E-state index >= 15 is 0 Å². The Morgan fingerprint density at radius 3 is 3.12 bits per heavy atom. The summed E-state index contributed by atoms with van der Waals surface area (Å²) in [6, 6.07) is 3.89. The van der Waals surface area contributed by atoms with E-state index in [2.05, 4.69) is 21.4 Å². The van der Waals surface area contributed by atoms with Gasteiger partial charge in [0.25, 0.3) is 0 Å². The summed E-state index contributed by atoms with van der Waals surface area (Å²) in [5.41, 5.74) is 4.02. The van der Waals surface area contributed by atoms with E-state index in [0.29, 0.717) is 5.02 Å². The molecule has 3 nitrogen and oxygen atoms in total. The third-order valence-corrected chi connectivity index (χ3v) is 3.36. The topological polar surface area (TPSA) is 30.5 Å². The molecular formula is C11H13BrClNO2. The van der Waals surface area contributed by atoms with Crippen molar-refractivity contribution in [2.45, 2.75) is 18.9 Å². The van der Waals surface area contributed by atoms with Crippen LogP contribution in [0.2, 0.25) is 5.02 Å². The number of hydroxylamine groups is 1. The van der Waals surface area contributed by atoms with Gasteiger partial charge in [0.1, 0.15) is 5.75 Å². The van der Waals surface area contributed by atoms with Gasteiger partial charge >= 0.3 is 0 Å². The maximum absolute atomic E-state index is 6.05. The van der Waals surface area contributed by atoms with E-state index < -0.39 is 0 Å². The molecule has 1 aromatic carbocycles. The van der Waals surface area contributed by atoms with Crippen molar-refractivity contribution in [3.63, 3.8) is 0 Å². The highest BCUT2D eigenvalue weighted by molar-refractivity contribution is 9.10. The van der Waals surface area contributed by atoms with Crippen LogP contribution in [-0.2, 0) is 4.84 Å². The Bertz CT molecular complexity index is 386. The Morgan fingerprint density at radius 1 is 1.56 bits per heavy atom. The van der Waals surface area contributed by atoms with Crippen molar-refractivity contribution in [1.29, 1.82) is 0 Å². The van der Waals surface area contributed by atoms with Gasteiger partial charge in [-0.3, -0.25) is 0 Å². The summed E-state index contributed by atoms with van der Waals surface area (Å²) in [6.45, 7) is 0.717. The molecule has 0 saturated carbocycles. The first-order chi connectivity index (χ1) is 7.72. The maximum Gasteiger partial charge on any atom is 0.138 e. The molecule has 1 aromatic rings. The molecular weight excluding hydrogens is 293 g/mol. The van der Waals surface area contributed by atoms with Crippen LogP contribution >= 0.6 is 27.5 Å². The van der Waals surface area contributed by atoms with Crippen LogP contribution in [0.4, 0.5) is 0 Å². The first-order valence-corrected chi connectivity index (χ1v) is 6.29. The van der Waals surface area contributed by atoms with Crippen molar-refractivity contribution < 1.29 is 9.57 Å². The fourth-order valence-electron chi connectivity index (χ4n) is 1.87. The second-order valence-electron chi connectivity index (χ2n) is 3.67. The second-order valence-corrected chi connectivity index (χ2v) is 4.96. The number of fused-ring (bicyclic) bond motifs is 1. The van der Waals surface area contributed by atoms with Gasteiger partial charge in [-0.25, -0.2) is 0 Å². The Kier molecular flexibility index (Phi) is 4.08. The normalized spacial score (nSPS) is 19.8. The van der Waals surface area contributed by atoms with Gasteiger partial charge < -0.3 is 9.57 Å². The van der Waals surface area contributed by atoms with Gasteiger partial charge in [0.15, 0.2) is 0 Å². The molecule has 2 rings (SSSR count). The molecule has 1 aliphatic heterocycles. The minimum atomic E-state index is 0.123. The van der Waals surface area contributed by atoms with Gasteiger partial charge in [0.05, 0.1) is 24.2 Å². The molecule has 16 heavy (non-hydrogen) atoms. The van der Waals surface area contributed by atoms with Crippen LogP contribution in [0.15, 0.2) is 16.6 Å². The third kappa shape index (κ3) is 2.51. The van der Waals surface area contributed by atoms with E-state index in [1.165, 1.54) is 0 Å². The lowest BCUT2D eigenvalue weighted by molar-refractivity contribution is 0.0579. The van der Waals surface area contributed by atoms with Crippen molar-refractivity contribution in [3.05, 3.63) is 27.2 Å². The zero-order valence-electron chi connectivity index (χ0n) is 8.93. The maximum atomic E-state index is 6.05. The molecule has 0 fully saturated rings. The average molecular weight is 307 g/mol. The van der Waals surface area contributed by atoms with E-state index in [9.17, 15) is 0 Å². The highest BCUT2D eigenvalue weighted by Gasteiger charge is 2.22. The first kappa shape index (κ1) is 12.2. The first-order valence-electron chi connectivity index (χ1n) is 5.12. The van der Waals surface area contributed by atoms with Crippen LogP contribution in [0.25, 0.3) is 0 Å². The number of nitrogens with one attached hydrogen (secondary N) is 1. The van der Waals surface area contributed by atoms with Crippen molar-refractivity contribution in [2.24, 2.45) is 0 Å². The number of hydrogen-bond acceptors (Lipinski definition) is 3. The summed E-state index contributed by atoms with van der Waals surface area (Å²) in [7, 11) is 1.62. The van der Waals surface area contributed by atoms with Crippen LogP contribution in [0.5, 0.6) is 5.75 Å². The molecule has 1 heterocycles. The van der Waals surface area contributed by atoms with Crippen molar-refractivity contribution >= 4 is 27.5 Å². The molecule has 0 amide bonds. The molecule has 0 spiro atoms. The van der Waals surface area contributed by atoms with Crippen molar-refractivity contribution in [3.8, 4) is 5.75 Å². The predicted molar refractivity (Wildman–Crippen MR) is 66.8 cm³/mol. The molecule has 0 aliphatic carbocycles. The molecule has 0 saturated heterocycles. The minimum Gasteiger partial charge on any atom is -0.492 e. The summed E-state index contributed by atoms with van der Waals surface area (Å²) >= 11 is 9.51. The SMILES string of the molecule is CONC1CCCOc2c(Br)cc(Cl)cc21. The number of ether oxygens (including phenoxy) is 1. The Morgan fingerprint density at radius 2 is 2.38 bits per heavy atom. The van der Waals surface area contributed by atoms with Crippen LogP contribution in [0.3, 0.4) is 0 Å². The van der Waals surface area contributed by atoms with Crippen LogP contribution in [0.1, 0.15) is 24.4 Å². The van der Waals surface area contributed by atoms with Gasteiger partial charge in [-0.15, -0.1) is 0 Å². The highest BCUT2D eigenvalue weighted by atomic mass is 79.9. The minimum absolute atomic E-state index is 0.123. The molecule has 1 atom stereocenters. The second kappa shape index (κ2) is 5.36. The van der Waals surface area contributed by atoms with E-state index in [4.69, 9.17) is 21.2 Å². The fourth-order valence-corrected chi connectivity index (χ4v) is 2.82. The van der Waals surface area contributed by atoms with E-state index in [-0.39, 0.29) is 6.04 Å². The molecule has 1 unspecified atom stereocenters. The van der Waals surface area contributed by atoms with Gasteiger partial charge in [-0.2, -0.15) is 5.48 Å². The zero-order valence-corrected chi connectivity index (χ0v) is 11.3. The quantitative estimate of drug-likeness (QED) is 0.849. The standard InChI is InChI=1S/C11H13BrClNO2/c1-15-14-10-3-2-4-16-11-8(10)5-7(13)6-9(11)12/h5-6,10,14H,2-4H2,1H3. The molecule has 0 radical (unpaired) electrons. The lowest BCUT2D eigenvalue weighted by Crippen LogP contribution is -2.19. The number of hydrogen-bond donors (Lipinski definition) is 1. The Labute approximate surface area is 108 Å². The molecule has 0 aromatic heterocycles. The summed E-state index contributed by atoms with van der Waals surface area (Å²) in [6.07, 6.45) is 1.95. The zero-order chi connectivity index (χ0) is 11.5. The monoisotopic (exact) mass is 305 g/mol. The lowest BCUT2D eigenvalue weighted by Gasteiger charge is -2.17. The van der Waals surface area contributed by atoms with Crippen LogP contribution in [-0.4, -0.2) is 13.7 Å².